The summed E-state index contributed by atoms with van der Waals surface area (Å²) >= 11 is 0. The molecule has 1 amide bonds. The largest absolute Gasteiger partial charge is 0.481 e. The second-order valence-corrected chi connectivity index (χ2v) is 8.81. The first kappa shape index (κ1) is 20.9. The van der Waals surface area contributed by atoms with Gasteiger partial charge in [-0.15, -0.1) is 4.40 Å². The van der Waals surface area contributed by atoms with Crippen LogP contribution in [-0.2, 0) is 19.6 Å². The van der Waals surface area contributed by atoms with Gasteiger partial charge in [0, 0.05) is 37.5 Å². The third-order valence-corrected chi connectivity index (χ3v) is 5.64. The number of nitrogens with zero attached hydrogens (tertiary/aromatic N) is 2. The molecule has 1 aromatic carbocycles. The summed E-state index contributed by atoms with van der Waals surface area (Å²) in [5.41, 5.74) is -0.0246. The summed E-state index contributed by atoms with van der Waals surface area (Å²) in [6, 6.07) is 6.66. The van der Waals surface area contributed by atoms with Gasteiger partial charge in [0.25, 0.3) is 10.0 Å². The van der Waals surface area contributed by atoms with Gasteiger partial charge in [0.05, 0.1) is 0 Å². The molecule has 8 nitrogen and oxygen atoms in total. The Hall–Kier alpha value is -2.42. The van der Waals surface area contributed by atoms with Gasteiger partial charge in [-0.3, -0.25) is 9.59 Å². The Morgan fingerprint density at radius 3 is 2.56 bits per heavy atom. The number of hydrogen-bond acceptors (Lipinski definition) is 5. The fourth-order valence-electron chi connectivity index (χ4n) is 2.87. The average Bonchev–Trinajstić information content (AvgIpc) is 2.85. The Kier molecular flexibility index (Phi) is 6.25. The smallest absolute Gasteiger partial charge is 0.303 e. The fraction of sp³-hybridized carbons (Fsp3) is 0.500. The zero-order chi connectivity index (χ0) is 20.2. The number of fused-ring (bicyclic) bond motifs is 1. The van der Waals surface area contributed by atoms with E-state index in [2.05, 4.69) is 9.71 Å². The van der Waals surface area contributed by atoms with Crippen molar-refractivity contribution in [3.05, 3.63) is 29.8 Å². The van der Waals surface area contributed by atoms with Crippen LogP contribution in [0.4, 0.5) is 0 Å². The van der Waals surface area contributed by atoms with E-state index in [0.717, 1.165) is 0 Å². The predicted molar refractivity (Wildman–Crippen MR) is 101 cm³/mol. The normalized spacial score (nSPS) is 15.0. The number of carboxylic acid groups (broad SMARTS) is 1. The van der Waals surface area contributed by atoms with Gasteiger partial charge in [0.2, 0.25) is 5.91 Å². The van der Waals surface area contributed by atoms with Crippen molar-refractivity contribution in [2.45, 2.75) is 50.0 Å². The quantitative estimate of drug-likeness (QED) is 0.691. The van der Waals surface area contributed by atoms with Crippen LogP contribution >= 0.6 is 0 Å². The fourth-order valence-corrected chi connectivity index (χ4v) is 4.12. The number of carboxylic acids is 1. The lowest BCUT2D eigenvalue weighted by Crippen LogP contribution is -2.43. The molecule has 0 saturated carbocycles. The van der Waals surface area contributed by atoms with Gasteiger partial charge in [-0.05, 0) is 38.8 Å². The second kappa shape index (κ2) is 8.08. The SMILES string of the molecule is CN(CCCC(=O)NC(C)(C)CCC(=O)O)C1=NS(=O)(=O)c2ccccc21. The van der Waals surface area contributed by atoms with Crippen LogP contribution in [0.2, 0.25) is 0 Å². The highest BCUT2D eigenvalue weighted by Gasteiger charge is 2.30. The van der Waals surface area contributed by atoms with Crippen LogP contribution in [0.1, 0.15) is 45.1 Å². The van der Waals surface area contributed by atoms with Gasteiger partial charge in [-0.1, -0.05) is 12.1 Å². The number of amidine groups is 1. The van der Waals surface area contributed by atoms with E-state index in [0.29, 0.717) is 30.8 Å². The molecular weight excluding hydrogens is 370 g/mol. The number of carbonyl (C=O) groups excluding carboxylic acids is 1. The number of amides is 1. The molecule has 2 N–H and O–H groups in total. The van der Waals surface area contributed by atoms with Crippen molar-refractivity contribution in [2.24, 2.45) is 4.40 Å². The van der Waals surface area contributed by atoms with Gasteiger partial charge < -0.3 is 15.3 Å². The minimum Gasteiger partial charge on any atom is -0.481 e. The molecule has 0 saturated heterocycles. The molecule has 27 heavy (non-hydrogen) atoms. The van der Waals surface area contributed by atoms with E-state index in [1.54, 1.807) is 44.0 Å². The number of hydrogen-bond donors (Lipinski definition) is 2. The molecule has 1 aromatic rings. The molecule has 0 unspecified atom stereocenters. The maximum Gasteiger partial charge on any atom is 0.303 e. The van der Waals surface area contributed by atoms with Crippen LogP contribution in [0.5, 0.6) is 0 Å². The first-order valence-corrected chi connectivity index (χ1v) is 10.1. The maximum atomic E-state index is 12.1. The molecule has 0 bridgehead atoms. The summed E-state index contributed by atoms with van der Waals surface area (Å²) in [5, 5.41) is 11.6. The van der Waals surface area contributed by atoms with E-state index < -0.39 is 21.5 Å². The Labute approximate surface area is 159 Å². The van der Waals surface area contributed by atoms with E-state index in [9.17, 15) is 18.0 Å². The Balaban J connectivity index is 1.87. The number of benzene rings is 1. The third kappa shape index (κ3) is 5.53. The molecule has 0 radical (unpaired) electrons. The van der Waals surface area contributed by atoms with Gasteiger partial charge >= 0.3 is 5.97 Å². The van der Waals surface area contributed by atoms with Crippen molar-refractivity contribution in [1.82, 2.24) is 10.2 Å². The first-order chi connectivity index (χ1) is 12.5. The van der Waals surface area contributed by atoms with Gasteiger partial charge in [0.15, 0.2) is 0 Å². The zero-order valence-corrected chi connectivity index (χ0v) is 16.5. The molecule has 2 rings (SSSR count). The molecule has 0 fully saturated rings. The van der Waals surface area contributed by atoms with E-state index in [4.69, 9.17) is 5.11 Å². The number of nitrogens with one attached hydrogen (secondary N) is 1. The highest BCUT2D eigenvalue weighted by atomic mass is 32.2. The van der Waals surface area contributed by atoms with Crippen LogP contribution < -0.4 is 5.32 Å². The van der Waals surface area contributed by atoms with Gasteiger partial charge in [0.1, 0.15) is 10.7 Å². The molecule has 0 aliphatic carbocycles. The Bertz CT molecular complexity index is 862. The van der Waals surface area contributed by atoms with Crippen LogP contribution in [0, 0.1) is 0 Å². The van der Waals surface area contributed by atoms with Crippen LogP contribution in [0.25, 0.3) is 0 Å². The average molecular weight is 395 g/mol. The molecular formula is C18H25N3O5S. The lowest BCUT2D eigenvalue weighted by atomic mass is 9.98. The van der Waals surface area contributed by atoms with Crippen LogP contribution in [0.15, 0.2) is 33.6 Å². The molecule has 1 heterocycles. The molecule has 9 heteroatoms. The second-order valence-electron chi connectivity index (χ2n) is 7.24. The molecule has 0 atom stereocenters. The molecule has 1 aliphatic rings. The van der Waals surface area contributed by atoms with E-state index in [-0.39, 0.29) is 23.6 Å². The van der Waals surface area contributed by atoms with Crippen LogP contribution in [0.3, 0.4) is 0 Å². The zero-order valence-electron chi connectivity index (χ0n) is 15.7. The lowest BCUT2D eigenvalue weighted by Gasteiger charge is -2.26. The van der Waals surface area contributed by atoms with Crippen molar-refractivity contribution in [3.8, 4) is 0 Å². The van der Waals surface area contributed by atoms with E-state index >= 15 is 0 Å². The number of aliphatic carboxylic acids is 1. The first-order valence-electron chi connectivity index (χ1n) is 8.70. The molecule has 0 spiro atoms. The van der Waals surface area contributed by atoms with Gasteiger partial charge in [-0.2, -0.15) is 8.42 Å². The lowest BCUT2D eigenvalue weighted by molar-refractivity contribution is -0.137. The van der Waals surface area contributed by atoms with E-state index in [1.165, 1.54) is 6.07 Å². The summed E-state index contributed by atoms with van der Waals surface area (Å²) in [6.07, 6.45) is 1.10. The summed E-state index contributed by atoms with van der Waals surface area (Å²) in [4.78, 5) is 24.7. The van der Waals surface area contributed by atoms with Crippen molar-refractivity contribution >= 4 is 27.7 Å². The molecule has 148 valence electrons. The number of sulfonamides is 1. The van der Waals surface area contributed by atoms with Crippen molar-refractivity contribution < 1.29 is 23.1 Å². The summed E-state index contributed by atoms with van der Waals surface area (Å²) in [5.74, 6) is -0.681. The Morgan fingerprint density at radius 1 is 1.22 bits per heavy atom. The summed E-state index contributed by atoms with van der Waals surface area (Å²) in [6.45, 7) is 4.04. The monoisotopic (exact) mass is 395 g/mol. The van der Waals surface area contributed by atoms with Gasteiger partial charge in [-0.25, -0.2) is 0 Å². The number of carbonyl (C=O) groups is 2. The molecule has 0 aromatic heterocycles. The molecule has 1 aliphatic heterocycles. The highest BCUT2D eigenvalue weighted by Crippen LogP contribution is 2.27. The van der Waals surface area contributed by atoms with Crippen molar-refractivity contribution in [1.29, 1.82) is 0 Å². The predicted octanol–water partition coefficient (Wildman–Crippen LogP) is 1.61. The maximum absolute atomic E-state index is 12.1. The minimum absolute atomic E-state index is 0.0102. The Morgan fingerprint density at radius 2 is 1.89 bits per heavy atom. The van der Waals surface area contributed by atoms with Crippen molar-refractivity contribution in [3.63, 3.8) is 0 Å². The summed E-state index contributed by atoms with van der Waals surface area (Å²) < 4.78 is 28.0. The highest BCUT2D eigenvalue weighted by molar-refractivity contribution is 7.90. The van der Waals surface area contributed by atoms with Crippen molar-refractivity contribution in [2.75, 3.05) is 13.6 Å². The minimum atomic E-state index is -3.66. The summed E-state index contributed by atoms with van der Waals surface area (Å²) in [7, 11) is -1.92. The topological polar surface area (TPSA) is 116 Å². The third-order valence-electron chi connectivity index (χ3n) is 4.31. The number of rotatable bonds is 8. The van der Waals surface area contributed by atoms with E-state index in [1.807, 2.05) is 0 Å². The van der Waals surface area contributed by atoms with Crippen LogP contribution in [-0.4, -0.2) is 55.3 Å². The standard InChI is InChI=1S/C18H25N3O5S/c1-18(2,11-10-16(23)24)19-15(22)9-6-12-21(3)17-13-7-4-5-8-14(13)27(25,26)20-17/h4-5,7-8H,6,9-12H2,1-3H3,(H,19,22)(H,23,24).